The van der Waals surface area contributed by atoms with E-state index in [-0.39, 0.29) is 0 Å². The number of fused-ring (bicyclic) bond motifs is 1. The third-order valence-electron chi connectivity index (χ3n) is 3.77. The predicted octanol–water partition coefficient (Wildman–Crippen LogP) is 2.47. The molecule has 0 saturated carbocycles. The van der Waals surface area contributed by atoms with Crippen LogP contribution in [0.3, 0.4) is 0 Å². The molecule has 0 atom stereocenters. The van der Waals surface area contributed by atoms with Crippen molar-refractivity contribution in [3.05, 3.63) is 54.1 Å². The lowest BCUT2D eigenvalue weighted by molar-refractivity contribution is 0.597. The molecule has 0 amide bonds. The van der Waals surface area contributed by atoms with Crippen molar-refractivity contribution in [2.75, 3.05) is 34.6 Å². The van der Waals surface area contributed by atoms with Gasteiger partial charge in [0, 0.05) is 26.3 Å². The van der Waals surface area contributed by atoms with Gasteiger partial charge in [0.15, 0.2) is 0 Å². The fraction of sp³-hybridized carbons (Fsp3) is 0.250. The summed E-state index contributed by atoms with van der Waals surface area (Å²) in [5.74, 6) is 0. The minimum Gasteiger partial charge on any atom is -0.378 e. The minimum absolute atomic E-state index is 0.477. The van der Waals surface area contributed by atoms with E-state index in [2.05, 4.69) is 4.72 Å². The zero-order chi connectivity index (χ0) is 15.7. The average Bonchev–Trinajstić information content (AvgIpc) is 2.92. The Morgan fingerprint density at radius 1 is 1.05 bits per heavy atom. The molecular formula is C16H19N3O2S. The molecular weight excluding hydrogens is 298 g/mol. The van der Waals surface area contributed by atoms with Crippen LogP contribution in [-0.2, 0) is 16.6 Å². The van der Waals surface area contributed by atoms with E-state index in [0.29, 0.717) is 12.2 Å². The van der Waals surface area contributed by atoms with Crippen LogP contribution < -0.4 is 13.9 Å². The molecule has 3 rings (SSSR count). The highest BCUT2D eigenvalue weighted by Gasteiger charge is 2.28. The number of hydrogen-bond acceptors (Lipinski definition) is 3. The van der Waals surface area contributed by atoms with Crippen LogP contribution in [-0.4, -0.2) is 29.1 Å². The molecule has 0 unspecified atom stereocenters. The molecule has 0 aromatic heterocycles. The van der Waals surface area contributed by atoms with Gasteiger partial charge < -0.3 is 4.90 Å². The zero-order valence-corrected chi connectivity index (χ0v) is 13.5. The molecule has 0 saturated heterocycles. The van der Waals surface area contributed by atoms with Gasteiger partial charge in [0.1, 0.15) is 0 Å². The summed E-state index contributed by atoms with van der Waals surface area (Å²) in [5, 5.41) is 0. The molecule has 0 spiro atoms. The van der Waals surface area contributed by atoms with Gasteiger partial charge in [0.2, 0.25) is 0 Å². The van der Waals surface area contributed by atoms with Crippen LogP contribution in [0.25, 0.3) is 0 Å². The standard InChI is InChI=1S/C16H19N3O2S/c1-18(2)15-9-7-14(8-10-15)17-22(20,21)19-12-11-13-5-3-4-6-16(13)19/h3-10,17H,11-12H2,1-2H3. The number of hydrogen-bond donors (Lipinski definition) is 1. The molecule has 1 N–H and O–H groups in total. The Morgan fingerprint density at radius 3 is 2.41 bits per heavy atom. The number of nitrogens with one attached hydrogen (secondary N) is 1. The second-order valence-electron chi connectivity index (χ2n) is 5.50. The SMILES string of the molecule is CN(C)c1ccc(NS(=O)(=O)N2CCc3ccccc32)cc1. The van der Waals surface area contributed by atoms with Crippen LogP contribution in [0.2, 0.25) is 0 Å². The summed E-state index contributed by atoms with van der Waals surface area (Å²) in [6, 6.07) is 14.9. The summed E-state index contributed by atoms with van der Waals surface area (Å²) < 4.78 is 29.3. The summed E-state index contributed by atoms with van der Waals surface area (Å²) >= 11 is 0. The van der Waals surface area contributed by atoms with E-state index in [1.165, 1.54) is 4.31 Å². The molecule has 22 heavy (non-hydrogen) atoms. The largest absolute Gasteiger partial charge is 0.378 e. The fourth-order valence-electron chi connectivity index (χ4n) is 2.59. The molecule has 6 heteroatoms. The lowest BCUT2D eigenvalue weighted by atomic mass is 10.2. The Hall–Kier alpha value is -2.21. The van der Waals surface area contributed by atoms with Crippen molar-refractivity contribution in [3.8, 4) is 0 Å². The Morgan fingerprint density at radius 2 is 1.73 bits per heavy atom. The number of nitrogens with zero attached hydrogens (tertiary/aromatic N) is 2. The molecule has 116 valence electrons. The first-order valence-electron chi connectivity index (χ1n) is 7.13. The summed E-state index contributed by atoms with van der Waals surface area (Å²) in [5.41, 5.74) is 3.42. The number of anilines is 3. The number of para-hydroxylation sites is 1. The van der Waals surface area contributed by atoms with Gasteiger partial charge in [0.25, 0.3) is 0 Å². The fourth-order valence-corrected chi connectivity index (χ4v) is 3.90. The number of benzene rings is 2. The summed E-state index contributed by atoms with van der Waals surface area (Å²) in [6.45, 7) is 0.477. The van der Waals surface area contributed by atoms with Crippen LogP contribution in [0.4, 0.5) is 17.1 Å². The highest BCUT2D eigenvalue weighted by atomic mass is 32.2. The maximum Gasteiger partial charge on any atom is 0.323 e. The first-order chi connectivity index (χ1) is 10.5. The smallest absolute Gasteiger partial charge is 0.323 e. The monoisotopic (exact) mass is 317 g/mol. The third-order valence-corrected chi connectivity index (χ3v) is 5.22. The van der Waals surface area contributed by atoms with E-state index in [1.807, 2.05) is 55.4 Å². The van der Waals surface area contributed by atoms with Crippen molar-refractivity contribution >= 4 is 27.3 Å². The highest BCUT2D eigenvalue weighted by molar-refractivity contribution is 7.94. The lowest BCUT2D eigenvalue weighted by Gasteiger charge is -2.21. The molecule has 1 heterocycles. The predicted molar refractivity (Wildman–Crippen MR) is 90.8 cm³/mol. The maximum absolute atomic E-state index is 12.6. The van der Waals surface area contributed by atoms with E-state index < -0.39 is 10.2 Å². The van der Waals surface area contributed by atoms with Gasteiger partial charge in [-0.1, -0.05) is 18.2 Å². The summed E-state index contributed by atoms with van der Waals surface area (Å²) in [6.07, 6.45) is 0.747. The van der Waals surface area contributed by atoms with E-state index in [9.17, 15) is 8.42 Å². The molecule has 2 aromatic rings. The Kier molecular flexibility index (Phi) is 3.70. The average molecular weight is 317 g/mol. The van der Waals surface area contributed by atoms with E-state index in [1.54, 1.807) is 12.1 Å². The van der Waals surface area contributed by atoms with Crippen LogP contribution in [0, 0.1) is 0 Å². The Bertz CT molecular complexity index is 770. The third kappa shape index (κ3) is 2.74. The molecule has 5 nitrogen and oxygen atoms in total. The van der Waals surface area contributed by atoms with Crippen molar-refractivity contribution < 1.29 is 8.42 Å². The summed E-state index contributed by atoms with van der Waals surface area (Å²) in [4.78, 5) is 1.97. The van der Waals surface area contributed by atoms with E-state index in [0.717, 1.165) is 23.4 Å². The van der Waals surface area contributed by atoms with Gasteiger partial charge >= 0.3 is 10.2 Å². The topological polar surface area (TPSA) is 52.7 Å². The van der Waals surface area contributed by atoms with Crippen molar-refractivity contribution in [1.29, 1.82) is 0 Å². The Labute approximate surface area is 131 Å². The van der Waals surface area contributed by atoms with E-state index in [4.69, 9.17) is 0 Å². The first kappa shape index (κ1) is 14.7. The minimum atomic E-state index is -3.59. The second kappa shape index (κ2) is 5.53. The van der Waals surface area contributed by atoms with Gasteiger partial charge in [-0.05, 0) is 42.3 Å². The molecule has 0 fully saturated rings. The highest BCUT2D eigenvalue weighted by Crippen LogP contribution is 2.30. The van der Waals surface area contributed by atoms with Gasteiger partial charge in [-0.15, -0.1) is 0 Å². The van der Waals surface area contributed by atoms with Crippen molar-refractivity contribution in [3.63, 3.8) is 0 Å². The normalized spacial score (nSPS) is 13.8. The Balaban J connectivity index is 1.83. The van der Waals surface area contributed by atoms with Crippen LogP contribution in [0.15, 0.2) is 48.5 Å². The molecule has 0 aliphatic carbocycles. The lowest BCUT2D eigenvalue weighted by Crippen LogP contribution is -2.34. The van der Waals surface area contributed by atoms with Crippen molar-refractivity contribution in [2.45, 2.75) is 6.42 Å². The van der Waals surface area contributed by atoms with Gasteiger partial charge in [-0.2, -0.15) is 8.42 Å². The molecule has 0 bridgehead atoms. The quantitative estimate of drug-likeness (QED) is 0.942. The molecule has 0 radical (unpaired) electrons. The van der Waals surface area contributed by atoms with Crippen molar-refractivity contribution in [1.82, 2.24) is 0 Å². The molecule has 1 aliphatic heterocycles. The maximum atomic E-state index is 12.6. The van der Waals surface area contributed by atoms with Crippen molar-refractivity contribution in [2.24, 2.45) is 0 Å². The molecule has 2 aromatic carbocycles. The van der Waals surface area contributed by atoms with Gasteiger partial charge in [-0.3, -0.25) is 9.03 Å². The van der Waals surface area contributed by atoms with Gasteiger partial charge in [-0.25, -0.2) is 0 Å². The second-order valence-corrected chi connectivity index (χ2v) is 7.09. The first-order valence-corrected chi connectivity index (χ1v) is 8.57. The van der Waals surface area contributed by atoms with E-state index >= 15 is 0 Å². The van der Waals surface area contributed by atoms with Gasteiger partial charge in [0.05, 0.1) is 11.4 Å². The number of rotatable bonds is 4. The van der Waals surface area contributed by atoms with Crippen LogP contribution in [0.5, 0.6) is 0 Å². The molecule has 1 aliphatic rings. The van der Waals surface area contributed by atoms with Crippen LogP contribution >= 0.6 is 0 Å². The zero-order valence-electron chi connectivity index (χ0n) is 12.7. The van der Waals surface area contributed by atoms with Crippen LogP contribution in [0.1, 0.15) is 5.56 Å². The summed E-state index contributed by atoms with van der Waals surface area (Å²) in [7, 11) is 0.300.